The predicted octanol–water partition coefficient (Wildman–Crippen LogP) is 4.10. The highest BCUT2D eigenvalue weighted by Gasteiger charge is 2.08. The van der Waals surface area contributed by atoms with Crippen molar-refractivity contribution in [3.8, 4) is 17.2 Å². The summed E-state index contributed by atoms with van der Waals surface area (Å²) in [6.07, 6.45) is 0. The lowest BCUT2D eigenvalue weighted by molar-refractivity contribution is -0.123. The highest BCUT2D eigenvalue weighted by Crippen LogP contribution is 2.28. The van der Waals surface area contributed by atoms with Gasteiger partial charge in [-0.3, -0.25) is 4.79 Å². The van der Waals surface area contributed by atoms with Gasteiger partial charge in [-0.2, -0.15) is 0 Å². The molecule has 0 aliphatic carbocycles. The third kappa shape index (κ3) is 5.73. The van der Waals surface area contributed by atoms with Crippen molar-refractivity contribution in [2.24, 2.45) is 0 Å². The number of hydrogen-bond acceptors (Lipinski definition) is 4. The van der Waals surface area contributed by atoms with E-state index >= 15 is 0 Å². The zero-order chi connectivity index (χ0) is 18.2. The molecule has 0 saturated heterocycles. The number of amides is 1. The zero-order valence-electron chi connectivity index (χ0n) is 14.0. The minimum absolute atomic E-state index is 0.119. The van der Waals surface area contributed by atoms with Gasteiger partial charge < -0.3 is 19.5 Å². The SMILES string of the molecule is CCOc1ccc(CNC(=O)COc2ccc(Cl)c(Cl)c2)cc1OC. The van der Waals surface area contributed by atoms with E-state index in [-0.39, 0.29) is 12.5 Å². The average molecular weight is 384 g/mol. The largest absolute Gasteiger partial charge is 0.493 e. The van der Waals surface area contributed by atoms with Gasteiger partial charge in [-0.05, 0) is 36.8 Å². The Kier molecular flexibility index (Phi) is 7.22. The third-order valence-corrected chi connectivity index (χ3v) is 4.02. The summed E-state index contributed by atoms with van der Waals surface area (Å²) >= 11 is 11.7. The molecule has 1 amide bonds. The average Bonchev–Trinajstić information content (AvgIpc) is 2.62. The number of hydrogen-bond donors (Lipinski definition) is 1. The number of ether oxygens (including phenoxy) is 3. The van der Waals surface area contributed by atoms with Gasteiger partial charge in [0.15, 0.2) is 18.1 Å². The molecule has 0 bridgehead atoms. The minimum Gasteiger partial charge on any atom is -0.493 e. The number of halogens is 2. The van der Waals surface area contributed by atoms with E-state index in [1.807, 2.05) is 25.1 Å². The van der Waals surface area contributed by atoms with Gasteiger partial charge in [-0.15, -0.1) is 0 Å². The Morgan fingerprint density at radius 3 is 2.52 bits per heavy atom. The minimum atomic E-state index is -0.251. The zero-order valence-corrected chi connectivity index (χ0v) is 15.5. The topological polar surface area (TPSA) is 56.8 Å². The smallest absolute Gasteiger partial charge is 0.258 e. The first-order valence-electron chi connectivity index (χ1n) is 7.67. The lowest BCUT2D eigenvalue weighted by Crippen LogP contribution is -2.28. The molecule has 0 saturated carbocycles. The van der Waals surface area contributed by atoms with Crippen LogP contribution in [0.3, 0.4) is 0 Å². The van der Waals surface area contributed by atoms with Crippen LogP contribution in [0, 0.1) is 0 Å². The molecule has 0 spiro atoms. The molecule has 2 aromatic carbocycles. The summed E-state index contributed by atoms with van der Waals surface area (Å²) in [5.41, 5.74) is 0.892. The summed E-state index contributed by atoms with van der Waals surface area (Å²) in [7, 11) is 1.57. The van der Waals surface area contributed by atoms with E-state index < -0.39 is 0 Å². The fraction of sp³-hybridized carbons (Fsp3) is 0.278. The summed E-state index contributed by atoms with van der Waals surface area (Å²) in [6, 6.07) is 10.3. The van der Waals surface area contributed by atoms with Gasteiger partial charge in [-0.1, -0.05) is 29.3 Å². The fourth-order valence-corrected chi connectivity index (χ4v) is 2.35. The Bertz CT molecular complexity index is 737. The second kappa shape index (κ2) is 9.39. The monoisotopic (exact) mass is 383 g/mol. The lowest BCUT2D eigenvalue weighted by atomic mass is 10.2. The number of nitrogens with one attached hydrogen (secondary N) is 1. The van der Waals surface area contributed by atoms with Crippen LogP contribution in [0.15, 0.2) is 36.4 Å². The van der Waals surface area contributed by atoms with Crippen molar-refractivity contribution in [2.45, 2.75) is 13.5 Å². The Hall–Kier alpha value is -2.11. The standard InChI is InChI=1S/C18H19Cl2NO4/c1-3-24-16-7-4-12(8-17(16)23-2)10-21-18(22)11-25-13-5-6-14(19)15(20)9-13/h4-9H,3,10-11H2,1-2H3,(H,21,22). The van der Waals surface area contributed by atoms with E-state index in [9.17, 15) is 4.79 Å². The highest BCUT2D eigenvalue weighted by molar-refractivity contribution is 6.42. The summed E-state index contributed by atoms with van der Waals surface area (Å²) in [5.74, 6) is 1.52. The van der Waals surface area contributed by atoms with Crippen LogP contribution in [-0.2, 0) is 11.3 Å². The van der Waals surface area contributed by atoms with Crippen LogP contribution in [-0.4, -0.2) is 26.2 Å². The van der Waals surface area contributed by atoms with Gasteiger partial charge in [0, 0.05) is 12.6 Å². The Morgan fingerprint density at radius 1 is 1.04 bits per heavy atom. The molecule has 0 aromatic heterocycles. The molecule has 0 aliphatic heterocycles. The van der Waals surface area contributed by atoms with Crippen molar-refractivity contribution < 1.29 is 19.0 Å². The van der Waals surface area contributed by atoms with Crippen LogP contribution < -0.4 is 19.5 Å². The van der Waals surface area contributed by atoms with Crippen LogP contribution >= 0.6 is 23.2 Å². The third-order valence-electron chi connectivity index (χ3n) is 3.28. The first-order valence-corrected chi connectivity index (χ1v) is 8.43. The van der Waals surface area contributed by atoms with Gasteiger partial charge in [0.05, 0.1) is 23.8 Å². The lowest BCUT2D eigenvalue weighted by Gasteiger charge is -2.12. The van der Waals surface area contributed by atoms with E-state index in [1.54, 1.807) is 25.3 Å². The Balaban J connectivity index is 1.86. The van der Waals surface area contributed by atoms with Crippen LogP contribution in [0.5, 0.6) is 17.2 Å². The molecule has 5 nitrogen and oxygen atoms in total. The molecule has 0 unspecified atom stereocenters. The van der Waals surface area contributed by atoms with Crippen molar-refractivity contribution in [3.05, 3.63) is 52.0 Å². The molecule has 134 valence electrons. The number of carbonyl (C=O) groups is 1. The van der Waals surface area contributed by atoms with E-state index in [0.717, 1.165) is 5.56 Å². The van der Waals surface area contributed by atoms with Gasteiger partial charge in [0.2, 0.25) is 0 Å². The van der Waals surface area contributed by atoms with Crippen molar-refractivity contribution in [1.29, 1.82) is 0 Å². The number of methoxy groups -OCH3 is 1. The second-order valence-corrected chi connectivity index (χ2v) is 5.87. The Labute approximate surface area is 156 Å². The van der Waals surface area contributed by atoms with Crippen molar-refractivity contribution in [2.75, 3.05) is 20.3 Å². The van der Waals surface area contributed by atoms with E-state index in [2.05, 4.69) is 5.32 Å². The molecule has 0 heterocycles. The quantitative estimate of drug-likeness (QED) is 0.745. The van der Waals surface area contributed by atoms with Crippen LogP contribution in [0.2, 0.25) is 10.0 Å². The van der Waals surface area contributed by atoms with Gasteiger partial charge >= 0.3 is 0 Å². The molecular weight excluding hydrogens is 365 g/mol. The highest BCUT2D eigenvalue weighted by atomic mass is 35.5. The van der Waals surface area contributed by atoms with Crippen molar-refractivity contribution in [3.63, 3.8) is 0 Å². The molecule has 0 fully saturated rings. The molecule has 25 heavy (non-hydrogen) atoms. The molecule has 7 heteroatoms. The normalized spacial score (nSPS) is 10.2. The Morgan fingerprint density at radius 2 is 1.84 bits per heavy atom. The molecule has 0 radical (unpaired) electrons. The number of rotatable bonds is 8. The molecule has 2 rings (SSSR count). The molecule has 1 N–H and O–H groups in total. The maximum Gasteiger partial charge on any atom is 0.258 e. The second-order valence-electron chi connectivity index (χ2n) is 5.06. The molecular formula is C18H19Cl2NO4. The van der Waals surface area contributed by atoms with Crippen LogP contribution in [0.1, 0.15) is 12.5 Å². The predicted molar refractivity (Wildman–Crippen MR) is 98.0 cm³/mol. The van der Waals surface area contributed by atoms with E-state index in [4.69, 9.17) is 37.4 Å². The summed E-state index contributed by atoms with van der Waals surface area (Å²) in [5, 5.41) is 3.59. The van der Waals surface area contributed by atoms with Crippen molar-refractivity contribution in [1.82, 2.24) is 5.32 Å². The van der Waals surface area contributed by atoms with Crippen LogP contribution in [0.25, 0.3) is 0 Å². The maximum atomic E-state index is 11.9. The summed E-state index contributed by atoms with van der Waals surface area (Å²) < 4.78 is 16.1. The molecule has 0 aliphatic rings. The van der Waals surface area contributed by atoms with Crippen LogP contribution in [0.4, 0.5) is 0 Å². The van der Waals surface area contributed by atoms with Gasteiger partial charge in [0.1, 0.15) is 5.75 Å². The van der Waals surface area contributed by atoms with Crippen molar-refractivity contribution >= 4 is 29.1 Å². The van der Waals surface area contributed by atoms with Gasteiger partial charge in [0.25, 0.3) is 5.91 Å². The first-order chi connectivity index (χ1) is 12.0. The maximum absolute atomic E-state index is 11.9. The van der Waals surface area contributed by atoms with E-state index in [0.29, 0.717) is 40.4 Å². The van der Waals surface area contributed by atoms with E-state index in [1.165, 1.54) is 0 Å². The summed E-state index contributed by atoms with van der Waals surface area (Å²) in [6.45, 7) is 2.69. The summed E-state index contributed by atoms with van der Waals surface area (Å²) in [4.78, 5) is 11.9. The molecule has 2 aromatic rings. The molecule has 0 atom stereocenters. The number of benzene rings is 2. The van der Waals surface area contributed by atoms with Gasteiger partial charge in [-0.25, -0.2) is 0 Å². The first kappa shape index (κ1) is 19.2. The fourth-order valence-electron chi connectivity index (χ4n) is 2.06. The number of carbonyl (C=O) groups excluding carboxylic acids is 1.